The highest BCUT2D eigenvalue weighted by atomic mass is 19.4. The van der Waals surface area contributed by atoms with E-state index >= 15 is 0 Å². The summed E-state index contributed by atoms with van der Waals surface area (Å²) in [6.45, 7) is 1.57. The highest BCUT2D eigenvalue weighted by Crippen LogP contribution is 2.25. The first-order valence-corrected chi connectivity index (χ1v) is 5.26. The summed E-state index contributed by atoms with van der Waals surface area (Å²) in [5.74, 6) is -1.98. The number of hydrogen-bond acceptors (Lipinski definition) is 2. The van der Waals surface area contributed by atoms with Crippen LogP contribution >= 0.6 is 0 Å². The molecule has 0 saturated carbocycles. The zero-order chi connectivity index (χ0) is 12.9. The minimum atomic E-state index is -4.48. The van der Waals surface area contributed by atoms with E-state index in [0.717, 1.165) is 12.0 Å². The highest BCUT2D eigenvalue weighted by molar-refractivity contribution is 5.44. The lowest BCUT2D eigenvalue weighted by atomic mass is 10.1. The normalized spacial score (nSPS) is 12.9. The predicted octanol–water partition coefficient (Wildman–Crippen LogP) is 3.36. The molecule has 0 fully saturated rings. The second-order valence-electron chi connectivity index (χ2n) is 3.65. The van der Waals surface area contributed by atoms with Crippen LogP contribution in [0, 0.1) is 17.2 Å². The van der Waals surface area contributed by atoms with Crippen molar-refractivity contribution in [2.75, 3.05) is 11.9 Å². The molecule has 0 aliphatic rings. The van der Waals surface area contributed by atoms with Gasteiger partial charge in [0.25, 0.3) is 0 Å². The van der Waals surface area contributed by atoms with Gasteiger partial charge < -0.3 is 5.32 Å². The fourth-order valence-electron chi connectivity index (χ4n) is 1.31. The number of hydrogen-bond donors (Lipinski definition) is 1. The van der Waals surface area contributed by atoms with Gasteiger partial charge in [-0.1, -0.05) is 19.1 Å². The van der Waals surface area contributed by atoms with Crippen molar-refractivity contribution in [2.24, 2.45) is 5.92 Å². The lowest BCUT2D eigenvalue weighted by Crippen LogP contribution is -2.28. The van der Waals surface area contributed by atoms with Crippen LogP contribution in [0.25, 0.3) is 0 Å². The van der Waals surface area contributed by atoms with Crippen LogP contribution in [0.3, 0.4) is 0 Å². The number of rotatable bonds is 4. The van der Waals surface area contributed by atoms with Crippen LogP contribution in [-0.4, -0.2) is 12.7 Å². The van der Waals surface area contributed by atoms with Crippen LogP contribution in [0.1, 0.15) is 12.5 Å². The molecule has 0 spiro atoms. The quantitative estimate of drug-likeness (QED) is 0.878. The Balaban J connectivity index is 2.58. The smallest absolute Gasteiger partial charge is 0.383 e. The summed E-state index contributed by atoms with van der Waals surface area (Å²) in [5.41, 5.74) is 1.70. The number of benzene rings is 1. The van der Waals surface area contributed by atoms with Gasteiger partial charge in [0.15, 0.2) is 5.92 Å². The maximum absolute atomic E-state index is 12.3. The van der Waals surface area contributed by atoms with Crippen molar-refractivity contribution in [1.82, 2.24) is 0 Å². The van der Waals surface area contributed by atoms with Gasteiger partial charge in [0.05, 0.1) is 6.07 Å². The summed E-state index contributed by atoms with van der Waals surface area (Å²) in [7, 11) is 0. The molecular formula is C12H13F3N2. The van der Waals surface area contributed by atoms with E-state index in [1.807, 2.05) is 19.1 Å². The zero-order valence-corrected chi connectivity index (χ0v) is 9.38. The molecule has 0 heterocycles. The number of halogens is 3. The van der Waals surface area contributed by atoms with Gasteiger partial charge in [-0.15, -0.1) is 0 Å². The lowest BCUT2D eigenvalue weighted by molar-refractivity contribution is -0.155. The van der Waals surface area contributed by atoms with Gasteiger partial charge in [0.1, 0.15) is 0 Å². The topological polar surface area (TPSA) is 35.8 Å². The average molecular weight is 242 g/mol. The van der Waals surface area contributed by atoms with Crippen LogP contribution in [-0.2, 0) is 6.42 Å². The first-order chi connectivity index (χ1) is 7.97. The van der Waals surface area contributed by atoms with Gasteiger partial charge in [-0.2, -0.15) is 18.4 Å². The van der Waals surface area contributed by atoms with Crippen molar-refractivity contribution in [1.29, 1.82) is 5.26 Å². The minimum absolute atomic E-state index is 0.425. The maximum Gasteiger partial charge on any atom is 0.406 e. The number of nitriles is 1. The minimum Gasteiger partial charge on any atom is -0.383 e. The van der Waals surface area contributed by atoms with Gasteiger partial charge in [0, 0.05) is 12.2 Å². The Morgan fingerprint density at radius 2 is 1.88 bits per heavy atom. The molecule has 1 atom stereocenters. The molecule has 0 aliphatic heterocycles. The van der Waals surface area contributed by atoms with Crippen LogP contribution in [0.2, 0.25) is 0 Å². The zero-order valence-electron chi connectivity index (χ0n) is 9.38. The van der Waals surface area contributed by atoms with E-state index in [9.17, 15) is 13.2 Å². The molecule has 0 radical (unpaired) electrons. The summed E-state index contributed by atoms with van der Waals surface area (Å²) in [5, 5.41) is 11.0. The first kappa shape index (κ1) is 13.4. The van der Waals surface area contributed by atoms with Crippen LogP contribution in [0.4, 0.5) is 18.9 Å². The molecule has 1 aromatic rings. The van der Waals surface area contributed by atoms with Crippen LogP contribution in [0.15, 0.2) is 24.3 Å². The fraction of sp³-hybridized carbons (Fsp3) is 0.417. The van der Waals surface area contributed by atoms with E-state index < -0.39 is 18.6 Å². The maximum atomic E-state index is 12.3. The van der Waals surface area contributed by atoms with Crippen molar-refractivity contribution >= 4 is 5.69 Å². The predicted molar refractivity (Wildman–Crippen MR) is 59.5 cm³/mol. The van der Waals surface area contributed by atoms with Gasteiger partial charge >= 0.3 is 6.18 Å². The number of alkyl halides is 3. The first-order valence-electron chi connectivity index (χ1n) is 5.26. The second-order valence-corrected chi connectivity index (χ2v) is 3.65. The molecule has 0 amide bonds. The molecule has 2 nitrogen and oxygen atoms in total. The average Bonchev–Trinajstić information content (AvgIpc) is 2.29. The van der Waals surface area contributed by atoms with E-state index in [4.69, 9.17) is 5.26 Å². The lowest BCUT2D eigenvalue weighted by Gasteiger charge is -2.14. The molecule has 0 aromatic heterocycles. The Kier molecular flexibility index (Phi) is 4.38. The van der Waals surface area contributed by atoms with Crippen molar-refractivity contribution in [3.63, 3.8) is 0 Å². The number of aryl methyl sites for hydroxylation is 1. The summed E-state index contributed by atoms with van der Waals surface area (Å²) in [4.78, 5) is 0. The second kappa shape index (κ2) is 5.58. The van der Waals surface area contributed by atoms with E-state index in [-0.39, 0.29) is 0 Å². The molecule has 1 aromatic carbocycles. The summed E-state index contributed by atoms with van der Waals surface area (Å²) in [6, 6.07) is 8.36. The number of nitrogens with zero attached hydrogens (tertiary/aromatic N) is 1. The van der Waals surface area contributed by atoms with Crippen molar-refractivity contribution in [3.8, 4) is 6.07 Å². The van der Waals surface area contributed by atoms with Crippen LogP contribution in [0.5, 0.6) is 0 Å². The summed E-state index contributed by atoms with van der Waals surface area (Å²) < 4.78 is 36.8. The van der Waals surface area contributed by atoms with Crippen molar-refractivity contribution < 1.29 is 13.2 Å². The largest absolute Gasteiger partial charge is 0.406 e. The Bertz CT molecular complexity index is 390. The third-order valence-corrected chi connectivity index (χ3v) is 2.42. The molecule has 92 valence electrons. The van der Waals surface area contributed by atoms with Gasteiger partial charge in [0.2, 0.25) is 0 Å². The Labute approximate surface area is 98.1 Å². The van der Waals surface area contributed by atoms with E-state index in [2.05, 4.69) is 5.32 Å². The van der Waals surface area contributed by atoms with E-state index in [0.29, 0.717) is 5.69 Å². The molecule has 1 unspecified atom stereocenters. The van der Waals surface area contributed by atoms with Gasteiger partial charge in [-0.05, 0) is 24.1 Å². The third-order valence-electron chi connectivity index (χ3n) is 2.42. The molecule has 0 bridgehead atoms. The Morgan fingerprint density at radius 3 is 2.29 bits per heavy atom. The molecular weight excluding hydrogens is 229 g/mol. The molecule has 1 N–H and O–H groups in total. The standard InChI is InChI=1S/C12H13F3N2/c1-2-9-3-5-11(6-4-9)17-8-10(7-16)12(13,14)15/h3-6,10,17H,2,8H2,1H3. The Hall–Kier alpha value is -1.70. The molecule has 5 heteroatoms. The van der Waals surface area contributed by atoms with Gasteiger partial charge in [-0.3, -0.25) is 0 Å². The molecule has 17 heavy (non-hydrogen) atoms. The molecule has 1 rings (SSSR count). The molecule has 0 aliphatic carbocycles. The molecule has 0 saturated heterocycles. The summed E-state index contributed by atoms with van der Waals surface area (Å²) in [6.07, 6.45) is -3.60. The van der Waals surface area contributed by atoms with Crippen molar-refractivity contribution in [2.45, 2.75) is 19.5 Å². The Morgan fingerprint density at radius 1 is 1.29 bits per heavy atom. The number of nitrogens with one attached hydrogen (secondary N) is 1. The van der Waals surface area contributed by atoms with E-state index in [1.54, 1.807) is 12.1 Å². The highest BCUT2D eigenvalue weighted by Gasteiger charge is 2.39. The van der Waals surface area contributed by atoms with Gasteiger partial charge in [-0.25, -0.2) is 0 Å². The number of anilines is 1. The van der Waals surface area contributed by atoms with Crippen molar-refractivity contribution in [3.05, 3.63) is 29.8 Å². The fourth-order valence-corrected chi connectivity index (χ4v) is 1.31. The summed E-state index contributed by atoms with van der Waals surface area (Å²) >= 11 is 0. The SMILES string of the molecule is CCc1ccc(NCC(C#N)C(F)(F)F)cc1. The van der Waals surface area contributed by atoms with Crippen LogP contribution < -0.4 is 5.32 Å². The monoisotopic (exact) mass is 242 g/mol. The third kappa shape index (κ3) is 3.99. The van der Waals surface area contributed by atoms with E-state index in [1.165, 1.54) is 6.07 Å².